The summed E-state index contributed by atoms with van der Waals surface area (Å²) in [6.45, 7) is 6.18. The van der Waals surface area contributed by atoms with Crippen LogP contribution in [0.2, 0.25) is 5.02 Å². The number of aromatic nitrogens is 2. The van der Waals surface area contributed by atoms with Crippen LogP contribution < -0.4 is 11.3 Å². The minimum absolute atomic E-state index is 0.0425. The third-order valence-corrected chi connectivity index (χ3v) is 4.49. The molecule has 0 saturated heterocycles. The number of hydrogen-bond acceptors (Lipinski definition) is 3. The lowest BCUT2D eigenvalue weighted by atomic mass is 9.90. The van der Waals surface area contributed by atoms with Gasteiger partial charge in [0.2, 0.25) is 5.91 Å². The number of amides is 1. The van der Waals surface area contributed by atoms with Gasteiger partial charge in [-0.1, -0.05) is 38.4 Å². The number of nitrogens with two attached hydrogens (primary N) is 1. The minimum Gasteiger partial charge on any atom is -0.366 e. The summed E-state index contributed by atoms with van der Waals surface area (Å²) in [7, 11) is 0. The van der Waals surface area contributed by atoms with Crippen LogP contribution in [0.1, 0.15) is 43.4 Å². The molecule has 28 heavy (non-hydrogen) atoms. The zero-order valence-corrected chi connectivity index (χ0v) is 16.5. The van der Waals surface area contributed by atoms with Crippen molar-refractivity contribution in [2.45, 2.75) is 27.2 Å². The van der Waals surface area contributed by atoms with E-state index in [-0.39, 0.29) is 26.9 Å². The maximum Gasteiger partial charge on any atom is 0.266 e. The Bertz CT molecular complexity index is 1130. The van der Waals surface area contributed by atoms with E-state index in [0.717, 1.165) is 12.1 Å². The largest absolute Gasteiger partial charge is 0.366 e. The van der Waals surface area contributed by atoms with Crippen molar-refractivity contribution in [3.63, 3.8) is 0 Å². The molecular weight excluding hydrogens is 381 g/mol. The van der Waals surface area contributed by atoms with Gasteiger partial charge in [-0.2, -0.15) is 0 Å². The Labute approximate surface area is 167 Å². The number of fused-ring (bicyclic) bond motifs is 1. The van der Waals surface area contributed by atoms with E-state index in [1.54, 1.807) is 18.2 Å². The number of benzene rings is 2. The van der Waals surface area contributed by atoms with E-state index in [4.69, 9.17) is 17.3 Å². The topological polar surface area (TPSA) is 78.0 Å². The summed E-state index contributed by atoms with van der Waals surface area (Å²) in [6, 6.07) is 8.59. The summed E-state index contributed by atoms with van der Waals surface area (Å²) in [5.41, 5.74) is 5.74. The maximum atomic E-state index is 13.9. The predicted octanol–water partition coefficient (Wildman–Crippen LogP) is 4.27. The van der Waals surface area contributed by atoms with Crippen molar-refractivity contribution in [3.05, 3.63) is 75.4 Å². The van der Waals surface area contributed by atoms with E-state index in [9.17, 15) is 14.0 Å². The molecule has 1 radical (unpaired) electrons. The number of carbonyl (C=O) groups is 1. The molecule has 145 valence electrons. The van der Waals surface area contributed by atoms with Crippen molar-refractivity contribution in [2.24, 2.45) is 11.1 Å². The molecule has 0 atom stereocenters. The monoisotopic (exact) mass is 400 g/mol. The Balaban J connectivity index is 2.32. The number of carbonyl (C=O) groups excluding carboxylic acids is 1. The summed E-state index contributed by atoms with van der Waals surface area (Å²) in [6.07, 6.45) is 2.47. The van der Waals surface area contributed by atoms with Gasteiger partial charge < -0.3 is 5.73 Å². The molecule has 0 aliphatic rings. The van der Waals surface area contributed by atoms with Crippen LogP contribution in [0.4, 0.5) is 4.39 Å². The van der Waals surface area contributed by atoms with Crippen molar-refractivity contribution >= 4 is 28.4 Å². The highest BCUT2D eigenvalue weighted by atomic mass is 35.5. The van der Waals surface area contributed by atoms with Crippen LogP contribution in [-0.2, 0) is 0 Å². The molecular formula is C21H20ClFN3O2. The first-order valence-electron chi connectivity index (χ1n) is 8.72. The second-order valence-corrected chi connectivity index (χ2v) is 8.19. The third kappa shape index (κ3) is 4.07. The summed E-state index contributed by atoms with van der Waals surface area (Å²) in [5.74, 6) is -0.874. The van der Waals surface area contributed by atoms with Gasteiger partial charge in [-0.25, -0.2) is 9.37 Å². The van der Waals surface area contributed by atoms with E-state index >= 15 is 0 Å². The molecule has 0 fully saturated rings. The Kier molecular flexibility index (Phi) is 5.26. The Morgan fingerprint density at radius 3 is 2.64 bits per heavy atom. The summed E-state index contributed by atoms with van der Waals surface area (Å²) in [4.78, 5) is 29.3. The molecule has 3 aromatic rings. The maximum absolute atomic E-state index is 13.9. The first-order chi connectivity index (χ1) is 13.1. The molecule has 0 unspecified atom stereocenters. The summed E-state index contributed by atoms with van der Waals surface area (Å²) >= 11 is 6.14. The van der Waals surface area contributed by atoms with Crippen LogP contribution in [0.25, 0.3) is 16.6 Å². The third-order valence-electron chi connectivity index (χ3n) is 4.20. The summed E-state index contributed by atoms with van der Waals surface area (Å²) < 4.78 is 15.2. The zero-order chi connectivity index (χ0) is 20.6. The number of nitrogens with zero attached hydrogens (tertiary/aromatic N) is 2. The van der Waals surface area contributed by atoms with E-state index in [2.05, 4.69) is 25.8 Å². The molecule has 3 rings (SSSR count). The second kappa shape index (κ2) is 7.36. The lowest BCUT2D eigenvalue weighted by Crippen LogP contribution is -2.25. The summed E-state index contributed by atoms with van der Waals surface area (Å²) in [5, 5.41) is 0.123. The zero-order valence-electron chi connectivity index (χ0n) is 15.8. The highest BCUT2D eigenvalue weighted by Crippen LogP contribution is 2.26. The van der Waals surface area contributed by atoms with Crippen LogP contribution in [0, 0.1) is 17.7 Å². The van der Waals surface area contributed by atoms with Crippen LogP contribution in [0.3, 0.4) is 0 Å². The number of halogens is 2. The van der Waals surface area contributed by atoms with E-state index < -0.39 is 17.3 Å². The van der Waals surface area contributed by atoms with Gasteiger partial charge in [0, 0.05) is 12.0 Å². The molecule has 0 bridgehead atoms. The highest BCUT2D eigenvalue weighted by molar-refractivity contribution is 6.35. The SMILES string of the molecule is CC(C)(C)C[CH]c1nc2c(Cl)cc(F)cc2c(=O)n1-c1cccc(C(N)=O)c1. The number of primary amides is 1. The van der Waals surface area contributed by atoms with E-state index in [1.807, 2.05) is 6.42 Å². The average molecular weight is 401 g/mol. The van der Waals surface area contributed by atoms with Crippen LogP contribution in [-0.4, -0.2) is 15.5 Å². The molecule has 1 aromatic heterocycles. The minimum atomic E-state index is -0.625. The number of hydrogen-bond donors (Lipinski definition) is 1. The lowest BCUT2D eigenvalue weighted by molar-refractivity contribution is 0.1000. The normalized spacial score (nSPS) is 11.8. The Hall–Kier alpha value is -2.73. The van der Waals surface area contributed by atoms with Gasteiger partial charge in [0.05, 0.1) is 21.6 Å². The van der Waals surface area contributed by atoms with Crippen molar-refractivity contribution in [3.8, 4) is 5.69 Å². The molecule has 1 amide bonds. The second-order valence-electron chi connectivity index (χ2n) is 7.78. The van der Waals surface area contributed by atoms with Crippen LogP contribution >= 0.6 is 11.6 Å². The van der Waals surface area contributed by atoms with Crippen LogP contribution in [0.5, 0.6) is 0 Å². The van der Waals surface area contributed by atoms with Gasteiger partial charge in [0.25, 0.3) is 5.56 Å². The fourth-order valence-corrected chi connectivity index (χ4v) is 3.06. The first kappa shape index (κ1) is 20.0. The molecule has 0 saturated carbocycles. The molecule has 0 aliphatic heterocycles. The standard InChI is InChI=1S/C21H20ClFN3O2/c1-21(2,3)8-7-17-25-18-15(10-13(23)11-16(18)22)20(28)26(17)14-6-4-5-12(9-14)19(24)27/h4-7,9-11H,8H2,1-3H3,(H2,24,27). The number of rotatable bonds is 4. The van der Waals surface area contributed by atoms with Gasteiger partial charge in [-0.3, -0.25) is 14.2 Å². The first-order valence-corrected chi connectivity index (χ1v) is 9.10. The Morgan fingerprint density at radius 1 is 1.29 bits per heavy atom. The van der Waals surface area contributed by atoms with Crippen molar-refractivity contribution in [2.75, 3.05) is 0 Å². The van der Waals surface area contributed by atoms with Gasteiger partial charge in [0.15, 0.2) is 0 Å². The van der Waals surface area contributed by atoms with Crippen molar-refractivity contribution in [1.82, 2.24) is 9.55 Å². The van der Waals surface area contributed by atoms with Crippen molar-refractivity contribution < 1.29 is 9.18 Å². The van der Waals surface area contributed by atoms with Crippen LogP contribution in [0.15, 0.2) is 41.2 Å². The molecule has 2 N–H and O–H groups in total. The molecule has 0 spiro atoms. The average Bonchev–Trinajstić information content (AvgIpc) is 2.60. The van der Waals surface area contributed by atoms with Gasteiger partial charge >= 0.3 is 0 Å². The Morgan fingerprint density at radius 2 is 2.00 bits per heavy atom. The molecule has 5 nitrogen and oxygen atoms in total. The van der Waals surface area contributed by atoms with Gasteiger partial charge in [-0.15, -0.1) is 0 Å². The lowest BCUT2D eigenvalue weighted by Gasteiger charge is -2.20. The van der Waals surface area contributed by atoms with E-state index in [1.165, 1.54) is 10.6 Å². The predicted molar refractivity (Wildman–Crippen MR) is 108 cm³/mol. The fraction of sp³-hybridized carbons (Fsp3) is 0.238. The quantitative estimate of drug-likeness (QED) is 0.710. The fourth-order valence-electron chi connectivity index (χ4n) is 2.81. The van der Waals surface area contributed by atoms with Crippen molar-refractivity contribution in [1.29, 1.82) is 0 Å². The van der Waals surface area contributed by atoms with Gasteiger partial charge in [-0.05, 0) is 42.2 Å². The molecule has 0 aliphatic carbocycles. The van der Waals surface area contributed by atoms with E-state index in [0.29, 0.717) is 17.9 Å². The molecule has 1 heterocycles. The molecule has 2 aromatic carbocycles. The molecule has 7 heteroatoms. The highest BCUT2D eigenvalue weighted by Gasteiger charge is 2.19. The van der Waals surface area contributed by atoms with Gasteiger partial charge in [0.1, 0.15) is 11.6 Å². The smallest absolute Gasteiger partial charge is 0.266 e.